The van der Waals surface area contributed by atoms with Gasteiger partial charge in [-0.3, -0.25) is 9.63 Å². The van der Waals surface area contributed by atoms with Crippen LogP contribution in [0.15, 0.2) is 24.4 Å². The van der Waals surface area contributed by atoms with Crippen LogP contribution < -0.4 is 10.6 Å². The molecule has 1 aromatic heterocycles. The van der Waals surface area contributed by atoms with Gasteiger partial charge >= 0.3 is 12.0 Å². The van der Waals surface area contributed by atoms with Crippen LogP contribution in [0, 0.1) is 0 Å². The molecule has 4 rings (SSSR count). The molecule has 2 aliphatic rings. The summed E-state index contributed by atoms with van der Waals surface area (Å²) in [6, 6.07) is 5.28. The summed E-state index contributed by atoms with van der Waals surface area (Å²) in [4.78, 5) is 44.2. The molecule has 0 saturated carbocycles. The third-order valence-electron chi connectivity index (χ3n) is 5.31. The van der Waals surface area contributed by atoms with Gasteiger partial charge in [0.25, 0.3) is 5.91 Å². The number of piperidine rings is 1. The van der Waals surface area contributed by atoms with E-state index in [0.717, 1.165) is 42.4 Å². The highest BCUT2D eigenvalue weighted by Crippen LogP contribution is 2.32. The second-order valence-corrected chi connectivity index (χ2v) is 7.29. The number of aromatic nitrogens is 1. The molecule has 0 radical (unpaired) electrons. The lowest BCUT2D eigenvalue weighted by Gasteiger charge is -2.25. The Balaban J connectivity index is 1.67. The number of carbonyl (C=O) groups is 3. The Morgan fingerprint density at radius 1 is 1.26 bits per heavy atom. The van der Waals surface area contributed by atoms with Crippen LogP contribution in [0.25, 0.3) is 10.9 Å². The van der Waals surface area contributed by atoms with E-state index in [1.165, 1.54) is 12.5 Å². The SMILES string of the molecule is CC(=O)O[N+]1(Cc2ccc3[nH]cc(C4CCNCC4)c3c2)CC(=O)NC1=O. The van der Waals surface area contributed by atoms with Gasteiger partial charge in [0.05, 0.1) is 0 Å². The minimum atomic E-state index is -0.674. The van der Waals surface area contributed by atoms with Crippen molar-refractivity contribution in [2.75, 3.05) is 19.6 Å². The van der Waals surface area contributed by atoms with Crippen molar-refractivity contribution >= 4 is 28.8 Å². The number of benzene rings is 1. The zero-order chi connectivity index (χ0) is 19.0. The van der Waals surface area contributed by atoms with Gasteiger partial charge < -0.3 is 10.3 Å². The zero-order valence-corrected chi connectivity index (χ0v) is 15.2. The van der Waals surface area contributed by atoms with Gasteiger partial charge in [-0.2, -0.15) is 0 Å². The number of quaternary nitrogens is 1. The molecule has 142 valence electrons. The smallest absolute Gasteiger partial charge is 0.361 e. The first-order chi connectivity index (χ1) is 13.0. The van der Waals surface area contributed by atoms with Gasteiger partial charge in [-0.1, -0.05) is 6.07 Å². The van der Waals surface area contributed by atoms with E-state index < -0.39 is 22.6 Å². The van der Waals surface area contributed by atoms with E-state index in [-0.39, 0.29) is 13.1 Å². The number of hydrogen-bond donors (Lipinski definition) is 3. The van der Waals surface area contributed by atoms with Crippen molar-refractivity contribution in [3.05, 3.63) is 35.5 Å². The Kier molecular flexibility index (Phi) is 4.45. The van der Waals surface area contributed by atoms with E-state index in [9.17, 15) is 14.4 Å². The summed E-state index contributed by atoms with van der Waals surface area (Å²) in [5.74, 6) is -0.555. The molecule has 3 heterocycles. The van der Waals surface area contributed by atoms with E-state index in [2.05, 4.69) is 21.8 Å². The van der Waals surface area contributed by atoms with Gasteiger partial charge in [-0.15, -0.1) is 0 Å². The van der Waals surface area contributed by atoms with Crippen molar-refractivity contribution in [3.63, 3.8) is 0 Å². The molecule has 2 saturated heterocycles. The average Bonchev–Trinajstić information content (AvgIpc) is 3.15. The van der Waals surface area contributed by atoms with E-state index in [1.807, 2.05) is 18.2 Å². The number of hydrogen-bond acceptors (Lipinski definition) is 5. The van der Waals surface area contributed by atoms with Gasteiger partial charge in [-0.05, 0) is 54.2 Å². The highest BCUT2D eigenvalue weighted by molar-refractivity contribution is 5.97. The lowest BCUT2D eigenvalue weighted by molar-refractivity contribution is -1.02. The number of carbonyl (C=O) groups excluding carboxylic acids is 3. The third-order valence-corrected chi connectivity index (χ3v) is 5.31. The quantitative estimate of drug-likeness (QED) is 0.561. The number of nitrogens with one attached hydrogen (secondary N) is 3. The van der Waals surface area contributed by atoms with Gasteiger partial charge in [0.1, 0.15) is 0 Å². The minimum absolute atomic E-state index is 0.115. The summed E-state index contributed by atoms with van der Waals surface area (Å²) in [7, 11) is 0. The molecule has 3 amide bonds. The van der Waals surface area contributed by atoms with Gasteiger partial charge in [0, 0.05) is 29.6 Å². The molecule has 8 heteroatoms. The number of rotatable bonds is 4. The van der Waals surface area contributed by atoms with Crippen molar-refractivity contribution in [2.45, 2.75) is 32.2 Å². The zero-order valence-electron chi connectivity index (χ0n) is 15.2. The monoisotopic (exact) mass is 371 g/mol. The largest absolute Gasteiger partial charge is 0.465 e. The standard InChI is InChI=1S/C19H22N4O4/c1-12(24)27-23(11-18(25)22-19(23)26)10-13-2-3-17-15(8-13)16(9-21-17)14-4-6-20-7-5-14/h2-3,8-9,14,20-21H,4-7,10-11H2,1H3/p+1. The molecule has 2 aromatic rings. The number of nitrogens with zero attached hydrogens (tertiary/aromatic N) is 1. The second kappa shape index (κ2) is 6.79. The van der Waals surface area contributed by atoms with Crippen LogP contribution in [0.3, 0.4) is 0 Å². The van der Waals surface area contributed by atoms with Crippen molar-refractivity contribution in [3.8, 4) is 0 Å². The van der Waals surface area contributed by atoms with Crippen molar-refractivity contribution in [1.29, 1.82) is 0 Å². The van der Waals surface area contributed by atoms with Crippen LogP contribution in [0.4, 0.5) is 4.79 Å². The van der Waals surface area contributed by atoms with Crippen molar-refractivity contribution in [2.24, 2.45) is 0 Å². The van der Waals surface area contributed by atoms with Gasteiger partial charge in [0.15, 0.2) is 6.54 Å². The maximum Gasteiger partial charge on any atom is 0.465 e. The fraction of sp³-hybridized carbons (Fsp3) is 0.421. The Labute approximate surface area is 156 Å². The van der Waals surface area contributed by atoms with Gasteiger partial charge in [-0.25, -0.2) is 14.9 Å². The highest BCUT2D eigenvalue weighted by atomic mass is 16.8. The maximum atomic E-state index is 12.3. The van der Waals surface area contributed by atoms with Crippen LogP contribution >= 0.6 is 0 Å². The van der Waals surface area contributed by atoms with E-state index >= 15 is 0 Å². The average molecular weight is 371 g/mol. The molecule has 1 atom stereocenters. The number of imide groups is 1. The number of H-pyrrole nitrogens is 1. The van der Waals surface area contributed by atoms with E-state index in [4.69, 9.17) is 4.84 Å². The summed E-state index contributed by atoms with van der Waals surface area (Å²) in [5, 5.41) is 6.73. The summed E-state index contributed by atoms with van der Waals surface area (Å²) in [6.45, 7) is 3.16. The number of amides is 3. The number of fused-ring (bicyclic) bond motifs is 1. The molecule has 1 unspecified atom stereocenters. The minimum Gasteiger partial charge on any atom is -0.361 e. The van der Waals surface area contributed by atoms with Crippen LogP contribution in [-0.4, -0.2) is 47.2 Å². The normalized spacial score (nSPS) is 23.6. The molecule has 0 spiro atoms. The number of hydroxylamine groups is 3. The molecule has 0 bridgehead atoms. The second-order valence-electron chi connectivity index (χ2n) is 7.29. The van der Waals surface area contributed by atoms with Crippen LogP contribution in [-0.2, 0) is 21.0 Å². The molecular formula is C19H23N4O4+. The Morgan fingerprint density at radius 2 is 2.04 bits per heavy atom. The molecule has 2 fully saturated rings. The Morgan fingerprint density at radius 3 is 2.70 bits per heavy atom. The maximum absolute atomic E-state index is 12.3. The van der Waals surface area contributed by atoms with Crippen LogP contribution in [0.1, 0.15) is 36.8 Å². The molecular weight excluding hydrogens is 348 g/mol. The lowest BCUT2D eigenvalue weighted by Crippen LogP contribution is -2.50. The topological polar surface area (TPSA) is 100 Å². The van der Waals surface area contributed by atoms with Crippen LogP contribution in [0.5, 0.6) is 0 Å². The lowest BCUT2D eigenvalue weighted by atomic mass is 9.89. The number of urea groups is 1. The predicted molar refractivity (Wildman–Crippen MR) is 97.3 cm³/mol. The molecule has 27 heavy (non-hydrogen) atoms. The summed E-state index contributed by atoms with van der Waals surface area (Å²) >= 11 is 0. The van der Waals surface area contributed by atoms with E-state index in [1.54, 1.807) is 0 Å². The first kappa shape index (κ1) is 17.7. The molecule has 2 aliphatic heterocycles. The fourth-order valence-corrected chi connectivity index (χ4v) is 4.10. The summed E-state index contributed by atoms with van der Waals surface area (Å²) in [5.41, 5.74) is 3.14. The van der Waals surface area contributed by atoms with Crippen molar-refractivity contribution < 1.29 is 23.9 Å². The van der Waals surface area contributed by atoms with Crippen LogP contribution in [0.2, 0.25) is 0 Å². The molecule has 3 N–H and O–H groups in total. The fourth-order valence-electron chi connectivity index (χ4n) is 4.10. The first-order valence-electron chi connectivity index (χ1n) is 9.19. The highest BCUT2D eigenvalue weighted by Gasteiger charge is 2.51. The predicted octanol–water partition coefficient (Wildman–Crippen LogP) is 1.68. The van der Waals surface area contributed by atoms with Gasteiger partial charge in [0.2, 0.25) is 6.54 Å². The first-order valence-corrected chi connectivity index (χ1v) is 9.19. The third kappa shape index (κ3) is 3.33. The molecule has 0 aliphatic carbocycles. The summed E-state index contributed by atoms with van der Waals surface area (Å²) in [6.07, 6.45) is 4.23. The summed E-state index contributed by atoms with van der Waals surface area (Å²) < 4.78 is -0.674. The molecule has 8 nitrogen and oxygen atoms in total. The Hall–Kier alpha value is -2.71. The molecule has 1 aromatic carbocycles. The number of aromatic amines is 1. The Bertz CT molecular complexity index is 916. The van der Waals surface area contributed by atoms with E-state index in [0.29, 0.717) is 5.92 Å². The van der Waals surface area contributed by atoms with Crippen molar-refractivity contribution in [1.82, 2.24) is 15.6 Å².